The first-order chi connectivity index (χ1) is 49.4. The lowest BCUT2D eigenvalue weighted by Gasteiger charge is -2.60. The molecule has 1 unspecified atom stereocenters. The maximum Gasteiger partial charge on any atom is 0.246 e. The second-order valence-electron chi connectivity index (χ2n) is 27.8. The van der Waals surface area contributed by atoms with E-state index in [1.807, 2.05) is 79.1 Å². The lowest BCUT2D eigenvalue weighted by Crippen LogP contribution is -2.61. The fraction of sp³-hybridized carbons (Fsp3) is 0.621. The number of nitrogens with one attached hydrogen (secondary N) is 1. The Bertz CT molecular complexity index is 2590. The van der Waals surface area contributed by atoms with Crippen LogP contribution in [0.25, 0.3) is 0 Å². The molecule has 1 N–H and O–H groups in total. The number of morpholine rings is 1. The number of likely N-dealkylation sites (tertiary alicyclic amines) is 1. The first-order valence-corrected chi connectivity index (χ1v) is 39.4. The van der Waals surface area contributed by atoms with Crippen LogP contribution < -0.4 is 5.32 Å². The summed E-state index contributed by atoms with van der Waals surface area (Å²) in [6.45, 7) is 46.1. The summed E-state index contributed by atoms with van der Waals surface area (Å²) >= 11 is 0. The highest BCUT2D eigenvalue weighted by Gasteiger charge is 2.54. The maximum atomic E-state index is 12.1. The number of hydrogen-bond acceptors (Lipinski definition) is 8. The number of unbranched alkanes of at least 4 members (excludes halogenated alkanes) is 19. The van der Waals surface area contributed by atoms with Gasteiger partial charge in [0.2, 0.25) is 41.4 Å². The van der Waals surface area contributed by atoms with Gasteiger partial charge in [-0.15, -0.1) is 0 Å². The number of carbonyl (C=O) groups excluding carboxylic acids is 7. The molecule has 2 aromatic carbocycles. The van der Waals surface area contributed by atoms with E-state index in [0.717, 1.165) is 94.8 Å². The van der Waals surface area contributed by atoms with Gasteiger partial charge >= 0.3 is 0 Å². The van der Waals surface area contributed by atoms with Crippen molar-refractivity contribution in [3.8, 4) is 0 Å². The van der Waals surface area contributed by atoms with Gasteiger partial charge in [0.05, 0.1) is 19.3 Å². The monoisotopic (exact) mass is 1410 g/mol. The third-order valence-corrected chi connectivity index (χ3v) is 20.1. The maximum absolute atomic E-state index is 12.1. The molecule has 2 saturated heterocycles. The summed E-state index contributed by atoms with van der Waals surface area (Å²) in [6, 6.07) is 20.1. The highest BCUT2D eigenvalue weighted by molar-refractivity contribution is 5.89. The van der Waals surface area contributed by atoms with Gasteiger partial charge in [0.25, 0.3) is 0 Å². The van der Waals surface area contributed by atoms with Crippen molar-refractivity contribution in [2.75, 3.05) is 79.2 Å². The van der Waals surface area contributed by atoms with Gasteiger partial charge in [0.1, 0.15) is 0 Å². The minimum absolute atomic E-state index is 0.00306. The summed E-state index contributed by atoms with van der Waals surface area (Å²) in [6.07, 6.45) is 49.4. The number of piperidine rings is 1. The Balaban J connectivity index is 0.000000609. The molecule has 4 bridgehead atoms. The number of likely N-dealkylation sites (N-methyl/N-ethyl adjacent to an activating group) is 3. The standard InChI is InChI=1S/C21H41NO.C17H25NO.C15H23NO.C12H15NO.C8H13NO.C7H11NO2.C7H13NO/c1-3-5-6-7-8-9-10-11-12-13-14-15-16-17-18-19-20-22-21(23)4-2;1-3-5-6-7-11-14-18(17(19)4-2)15-16-12-9-8-10-13-16;1-3-14(17)16(4-2)15-8-11-5-12(9-15)7-13(6-11)10-15;1-4-12(14)13(3)10(2)11-8-6-5-7-9-11;1-2-8(10)9-6-4-3-5-7-9;1-2-7(9)8-3-5-10-6-4-8;1-4-7(9)8(5-2)6-3/h4H,2-3,5-20H2,1H3,(H,22,23);4,8-10,12-13H,2-3,5-7,11,14-15H2,1H3;3,11-13H,1,4-10H2,2H3;4-10H,1H2,2-3H3;2H,1,3-7H2;2H,1,3-6H2;4H,1,5-6H2,2-3H3. The van der Waals surface area contributed by atoms with Crippen molar-refractivity contribution in [1.82, 2.24) is 34.7 Å². The Morgan fingerprint density at radius 3 is 1.27 bits per heavy atom. The molecular formula is C87H141N7O8. The van der Waals surface area contributed by atoms with E-state index in [9.17, 15) is 33.6 Å². The SMILES string of the molecule is C=CC(=O)N(C)C(C)c1ccccc1.C=CC(=O)N(CC)C12CC3CC(CC(C3)C1)C2.C=CC(=O)N(CC)CC.C=CC(=O)N(CCCCCCC)Cc1ccccc1.C=CC(=O)N1CCCCC1.C=CC(=O)N1CCOCC1.C=CC(=O)NCCCCCCCCCCCCCCCCCC. The Hall–Kier alpha value is -7.13. The first-order valence-electron chi connectivity index (χ1n) is 39.4. The smallest absolute Gasteiger partial charge is 0.246 e. The van der Waals surface area contributed by atoms with E-state index in [2.05, 4.69) is 89.2 Å². The molecule has 0 aromatic heterocycles. The zero-order chi connectivity index (χ0) is 75.6. The molecule has 1 atom stereocenters. The summed E-state index contributed by atoms with van der Waals surface area (Å²) in [7, 11) is 1.78. The van der Waals surface area contributed by atoms with Crippen molar-refractivity contribution in [2.24, 2.45) is 17.8 Å². The van der Waals surface area contributed by atoms with Crippen LogP contribution in [0.1, 0.15) is 251 Å². The van der Waals surface area contributed by atoms with Crippen molar-refractivity contribution >= 4 is 41.4 Å². The molecule has 4 saturated carbocycles. The molecule has 15 nitrogen and oxygen atoms in total. The molecule has 6 fully saturated rings. The van der Waals surface area contributed by atoms with Gasteiger partial charge in [-0.3, -0.25) is 33.6 Å². The highest BCUT2D eigenvalue weighted by Crippen LogP contribution is 2.57. The molecule has 0 radical (unpaired) electrons. The van der Waals surface area contributed by atoms with Crippen LogP contribution in [0.2, 0.25) is 0 Å². The minimum Gasteiger partial charge on any atom is -0.378 e. The van der Waals surface area contributed by atoms with E-state index in [1.54, 1.807) is 21.7 Å². The summed E-state index contributed by atoms with van der Waals surface area (Å²) in [4.78, 5) is 89.9. The Morgan fingerprint density at radius 2 is 0.882 bits per heavy atom. The topological polar surface area (TPSA) is 160 Å². The highest BCUT2D eigenvalue weighted by atomic mass is 16.5. The molecule has 8 rings (SSSR count). The molecule has 15 heteroatoms. The van der Waals surface area contributed by atoms with Crippen molar-refractivity contribution in [3.05, 3.63) is 160 Å². The second-order valence-corrected chi connectivity index (χ2v) is 27.8. The van der Waals surface area contributed by atoms with Crippen molar-refractivity contribution in [2.45, 2.75) is 252 Å². The lowest BCUT2D eigenvalue weighted by atomic mass is 9.52. The normalized spacial score (nSPS) is 17.4. The van der Waals surface area contributed by atoms with Crippen LogP contribution in [0.5, 0.6) is 0 Å². The Kier molecular flexibility index (Phi) is 54.0. The van der Waals surface area contributed by atoms with E-state index in [0.29, 0.717) is 32.8 Å². The summed E-state index contributed by atoms with van der Waals surface area (Å²) < 4.78 is 5.07. The van der Waals surface area contributed by atoms with Crippen LogP contribution in [-0.2, 0) is 44.8 Å². The number of benzene rings is 2. The van der Waals surface area contributed by atoms with Crippen molar-refractivity contribution in [3.63, 3.8) is 0 Å². The fourth-order valence-electron chi connectivity index (χ4n) is 14.4. The van der Waals surface area contributed by atoms with E-state index in [4.69, 9.17) is 4.74 Å². The van der Waals surface area contributed by atoms with Crippen LogP contribution in [0.3, 0.4) is 0 Å². The van der Waals surface area contributed by atoms with Gasteiger partial charge in [-0.25, -0.2) is 0 Å². The number of hydrogen-bond donors (Lipinski definition) is 1. The number of amides is 7. The summed E-state index contributed by atoms with van der Waals surface area (Å²) in [5, 5.41) is 2.82. The minimum atomic E-state index is -0.0543. The molecule has 102 heavy (non-hydrogen) atoms. The molecule has 2 aliphatic heterocycles. The van der Waals surface area contributed by atoms with Crippen LogP contribution >= 0.6 is 0 Å². The van der Waals surface area contributed by atoms with Crippen LogP contribution in [0.4, 0.5) is 0 Å². The quantitative estimate of drug-likeness (QED) is 0.0514. The van der Waals surface area contributed by atoms with Gasteiger partial charge in [0.15, 0.2) is 0 Å². The van der Waals surface area contributed by atoms with Crippen molar-refractivity contribution < 1.29 is 38.3 Å². The zero-order valence-corrected chi connectivity index (χ0v) is 65.2. The van der Waals surface area contributed by atoms with E-state index < -0.39 is 0 Å². The zero-order valence-electron chi connectivity index (χ0n) is 65.2. The Morgan fingerprint density at radius 1 is 0.480 bits per heavy atom. The lowest BCUT2D eigenvalue weighted by molar-refractivity contribution is -0.145. The molecule has 572 valence electrons. The van der Waals surface area contributed by atoms with Crippen molar-refractivity contribution in [1.29, 1.82) is 0 Å². The number of carbonyl (C=O) groups is 7. The number of ether oxygens (including phenoxy) is 1. The Labute approximate surface area is 620 Å². The van der Waals surface area contributed by atoms with E-state index >= 15 is 0 Å². The fourth-order valence-corrected chi connectivity index (χ4v) is 14.4. The van der Waals surface area contributed by atoms with Gasteiger partial charge in [0, 0.05) is 78.0 Å². The average Bonchev–Trinajstić information content (AvgIpc) is 0.738. The van der Waals surface area contributed by atoms with Crippen LogP contribution in [0, 0.1) is 17.8 Å². The van der Waals surface area contributed by atoms with E-state index in [1.165, 1.54) is 215 Å². The third kappa shape index (κ3) is 40.1. The largest absolute Gasteiger partial charge is 0.378 e. The number of rotatable bonds is 38. The number of nitrogens with zero attached hydrogens (tertiary/aromatic N) is 6. The van der Waals surface area contributed by atoms with Crippen LogP contribution in [0.15, 0.2) is 149 Å². The van der Waals surface area contributed by atoms with Gasteiger partial charge < -0.3 is 39.5 Å². The molecule has 6 aliphatic rings. The predicted octanol–water partition coefficient (Wildman–Crippen LogP) is 18.4. The summed E-state index contributed by atoms with van der Waals surface area (Å²) in [5.74, 6) is 2.86. The second kappa shape index (κ2) is 59.3. The molecule has 4 aliphatic carbocycles. The average molecular weight is 1410 g/mol. The van der Waals surface area contributed by atoms with Gasteiger partial charge in [-0.05, 0) is 170 Å². The van der Waals surface area contributed by atoms with Gasteiger partial charge in [-0.1, -0.05) is 243 Å². The summed E-state index contributed by atoms with van der Waals surface area (Å²) in [5.41, 5.74) is 2.51. The molecule has 2 aromatic rings. The third-order valence-electron chi connectivity index (χ3n) is 20.1. The molecule has 0 spiro atoms. The van der Waals surface area contributed by atoms with Crippen LogP contribution in [-0.4, -0.2) is 155 Å². The molecular weight excluding hydrogens is 1270 g/mol. The molecule has 2 heterocycles. The van der Waals surface area contributed by atoms with Gasteiger partial charge in [-0.2, -0.15) is 0 Å². The van der Waals surface area contributed by atoms with E-state index in [-0.39, 0.29) is 52.9 Å². The first kappa shape index (κ1) is 92.9. The predicted molar refractivity (Wildman–Crippen MR) is 426 cm³/mol. The molecule has 7 amide bonds.